The van der Waals surface area contributed by atoms with Crippen LogP contribution in [0.25, 0.3) is 0 Å². The first-order chi connectivity index (χ1) is 9.08. The van der Waals surface area contributed by atoms with Gasteiger partial charge in [0, 0.05) is 38.7 Å². The maximum absolute atomic E-state index is 5.51. The lowest BCUT2D eigenvalue weighted by molar-refractivity contribution is -0.126. The summed E-state index contributed by atoms with van der Waals surface area (Å²) in [5, 5.41) is 3.36. The van der Waals surface area contributed by atoms with Crippen LogP contribution in [-0.4, -0.2) is 40.1 Å². The molecule has 1 aromatic carbocycles. The monoisotopic (exact) mass is 266 g/mol. The zero-order valence-corrected chi connectivity index (χ0v) is 12.7. The number of nitrogens with one attached hydrogen (secondary N) is 1. The summed E-state index contributed by atoms with van der Waals surface area (Å²) in [6.07, 6.45) is -0.195. The van der Waals surface area contributed by atoms with Crippen LogP contribution >= 0.6 is 0 Å². The molecule has 0 heterocycles. The van der Waals surface area contributed by atoms with Gasteiger partial charge < -0.3 is 19.7 Å². The maximum atomic E-state index is 5.51. The standard InChI is InChI=1S/C15H26N2O2/c1-6-18-15(19-7-2)11-16-13-9-8-12(3)14(10-13)17(4)5/h8-10,15-16H,6-7,11H2,1-5H3. The molecule has 4 nitrogen and oxygen atoms in total. The molecule has 0 fully saturated rings. The number of hydrogen-bond acceptors (Lipinski definition) is 4. The molecule has 0 aliphatic heterocycles. The molecule has 19 heavy (non-hydrogen) atoms. The summed E-state index contributed by atoms with van der Waals surface area (Å²) in [6, 6.07) is 6.34. The number of nitrogens with zero attached hydrogens (tertiary/aromatic N) is 1. The third kappa shape index (κ3) is 5.09. The predicted octanol–water partition coefficient (Wildman–Crippen LogP) is 2.87. The van der Waals surface area contributed by atoms with Gasteiger partial charge in [0.15, 0.2) is 6.29 Å². The van der Waals surface area contributed by atoms with E-state index in [2.05, 4.69) is 49.4 Å². The van der Waals surface area contributed by atoms with Crippen molar-refractivity contribution in [2.75, 3.05) is 44.1 Å². The van der Waals surface area contributed by atoms with Gasteiger partial charge in [0.05, 0.1) is 6.54 Å². The van der Waals surface area contributed by atoms with Gasteiger partial charge in [-0.1, -0.05) is 6.07 Å². The van der Waals surface area contributed by atoms with Crippen LogP contribution < -0.4 is 10.2 Å². The van der Waals surface area contributed by atoms with E-state index in [-0.39, 0.29) is 6.29 Å². The molecule has 1 N–H and O–H groups in total. The molecular formula is C15H26N2O2. The van der Waals surface area contributed by atoms with Crippen LogP contribution in [0.15, 0.2) is 18.2 Å². The Labute approximate surface area is 116 Å². The van der Waals surface area contributed by atoms with Crippen LogP contribution in [0.4, 0.5) is 11.4 Å². The summed E-state index contributed by atoms with van der Waals surface area (Å²) in [5.74, 6) is 0. The van der Waals surface area contributed by atoms with Crippen LogP contribution in [-0.2, 0) is 9.47 Å². The van der Waals surface area contributed by atoms with E-state index in [9.17, 15) is 0 Å². The van der Waals surface area contributed by atoms with Gasteiger partial charge in [0.25, 0.3) is 0 Å². The maximum Gasteiger partial charge on any atom is 0.174 e. The summed E-state index contributed by atoms with van der Waals surface area (Å²) in [7, 11) is 4.10. The zero-order chi connectivity index (χ0) is 14.3. The topological polar surface area (TPSA) is 33.7 Å². The highest BCUT2D eigenvalue weighted by molar-refractivity contribution is 5.61. The summed E-state index contributed by atoms with van der Waals surface area (Å²) >= 11 is 0. The number of ether oxygens (including phenoxy) is 2. The van der Waals surface area contributed by atoms with Crippen molar-refractivity contribution in [1.29, 1.82) is 0 Å². The minimum absolute atomic E-state index is 0.195. The summed E-state index contributed by atoms with van der Waals surface area (Å²) in [4.78, 5) is 2.11. The molecule has 0 aliphatic rings. The van der Waals surface area contributed by atoms with Crippen LogP contribution in [0.5, 0.6) is 0 Å². The van der Waals surface area contributed by atoms with Crippen molar-refractivity contribution >= 4 is 11.4 Å². The van der Waals surface area contributed by atoms with E-state index in [0.29, 0.717) is 19.8 Å². The molecule has 1 rings (SSSR count). The average Bonchev–Trinajstić information content (AvgIpc) is 2.37. The molecule has 0 amide bonds. The molecular weight excluding hydrogens is 240 g/mol. The molecule has 0 radical (unpaired) electrons. The Hall–Kier alpha value is -1.26. The SMILES string of the molecule is CCOC(CNc1ccc(C)c(N(C)C)c1)OCC. The van der Waals surface area contributed by atoms with E-state index < -0.39 is 0 Å². The first-order valence-electron chi connectivity index (χ1n) is 6.83. The second kappa shape index (κ2) is 8.02. The fourth-order valence-electron chi connectivity index (χ4n) is 1.94. The number of hydrogen-bond donors (Lipinski definition) is 1. The summed E-state index contributed by atoms with van der Waals surface area (Å²) in [5.41, 5.74) is 3.56. The van der Waals surface area contributed by atoms with E-state index in [1.165, 1.54) is 11.3 Å². The number of benzene rings is 1. The van der Waals surface area contributed by atoms with Gasteiger partial charge >= 0.3 is 0 Å². The minimum Gasteiger partial charge on any atom is -0.380 e. The molecule has 0 saturated heterocycles. The van der Waals surface area contributed by atoms with Gasteiger partial charge in [-0.25, -0.2) is 0 Å². The van der Waals surface area contributed by atoms with E-state index in [1.54, 1.807) is 0 Å². The zero-order valence-electron chi connectivity index (χ0n) is 12.7. The lowest BCUT2D eigenvalue weighted by Crippen LogP contribution is -2.26. The number of aryl methyl sites for hydroxylation is 1. The van der Waals surface area contributed by atoms with Crippen LogP contribution in [0, 0.1) is 6.92 Å². The van der Waals surface area contributed by atoms with Gasteiger partial charge in [0.1, 0.15) is 0 Å². The first kappa shape index (κ1) is 15.8. The summed E-state index contributed by atoms with van der Waals surface area (Å²) in [6.45, 7) is 8.02. The highest BCUT2D eigenvalue weighted by Gasteiger charge is 2.08. The third-order valence-electron chi connectivity index (χ3n) is 2.87. The van der Waals surface area contributed by atoms with Crippen molar-refractivity contribution in [3.05, 3.63) is 23.8 Å². The molecule has 0 aromatic heterocycles. The molecule has 0 bridgehead atoms. The Morgan fingerprint density at radius 3 is 2.32 bits per heavy atom. The first-order valence-corrected chi connectivity index (χ1v) is 6.83. The normalized spacial score (nSPS) is 10.8. The van der Waals surface area contributed by atoms with Gasteiger partial charge in [0.2, 0.25) is 0 Å². The molecule has 0 spiro atoms. The van der Waals surface area contributed by atoms with E-state index in [1.807, 2.05) is 13.8 Å². The summed E-state index contributed by atoms with van der Waals surface area (Å²) < 4.78 is 11.0. The van der Waals surface area contributed by atoms with Crippen molar-refractivity contribution in [1.82, 2.24) is 0 Å². The fraction of sp³-hybridized carbons (Fsp3) is 0.600. The van der Waals surface area contributed by atoms with Crippen molar-refractivity contribution in [3.8, 4) is 0 Å². The van der Waals surface area contributed by atoms with Gasteiger partial charge in [-0.05, 0) is 38.5 Å². The molecule has 108 valence electrons. The molecule has 0 saturated carbocycles. The quantitative estimate of drug-likeness (QED) is 0.734. The van der Waals surface area contributed by atoms with Crippen LogP contribution in [0.2, 0.25) is 0 Å². The number of rotatable bonds is 8. The van der Waals surface area contributed by atoms with Crippen molar-refractivity contribution < 1.29 is 9.47 Å². The Morgan fingerprint density at radius 2 is 1.79 bits per heavy atom. The van der Waals surface area contributed by atoms with E-state index in [4.69, 9.17) is 9.47 Å². The third-order valence-corrected chi connectivity index (χ3v) is 2.87. The lowest BCUT2D eigenvalue weighted by atomic mass is 10.1. The molecule has 0 aliphatic carbocycles. The predicted molar refractivity (Wildman–Crippen MR) is 81.0 cm³/mol. The highest BCUT2D eigenvalue weighted by Crippen LogP contribution is 2.22. The fourth-order valence-corrected chi connectivity index (χ4v) is 1.94. The van der Waals surface area contributed by atoms with Gasteiger partial charge in [-0.3, -0.25) is 0 Å². The Kier molecular flexibility index (Phi) is 6.67. The lowest BCUT2D eigenvalue weighted by Gasteiger charge is -2.20. The molecule has 1 aromatic rings. The van der Waals surface area contributed by atoms with Crippen molar-refractivity contribution in [2.24, 2.45) is 0 Å². The second-order valence-corrected chi connectivity index (χ2v) is 4.62. The average molecular weight is 266 g/mol. The Balaban J connectivity index is 2.63. The Bertz CT molecular complexity index is 374. The number of anilines is 2. The van der Waals surface area contributed by atoms with E-state index >= 15 is 0 Å². The second-order valence-electron chi connectivity index (χ2n) is 4.62. The Morgan fingerprint density at radius 1 is 1.16 bits per heavy atom. The minimum atomic E-state index is -0.195. The smallest absolute Gasteiger partial charge is 0.174 e. The molecule has 0 atom stereocenters. The van der Waals surface area contributed by atoms with Gasteiger partial charge in [-0.2, -0.15) is 0 Å². The van der Waals surface area contributed by atoms with Crippen LogP contribution in [0.3, 0.4) is 0 Å². The largest absolute Gasteiger partial charge is 0.380 e. The van der Waals surface area contributed by atoms with Crippen molar-refractivity contribution in [2.45, 2.75) is 27.1 Å². The molecule has 4 heteroatoms. The van der Waals surface area contributed by atoms with E-state index in [0.717, 1.165) is 5.69 Å². The molecule has 0 unspecified atom stereocenters. The van der Waals surface area contributed by atoms with Crippen LogP contribution in [0.1, 0.15) is 19.4 Å². The highest BCUT2D eigenvalue weighted by atomic mass is 16.7. The van der Waals surface area contributed by atoms with Crippen molar-refractivity contribution in [3.63, 3.8) is 0 Å². The van der Waals surface area contributed by atoms with Gasteiger partial charge in [-0.15, -0.1) is 0 Å².